The average Bonchev–Trinajstić information content (AvgIpc) is 2.45. The number of hydrogen-bond donors (Lipinski definition) is 2. The molecular weight excluding hydrogens is 200 g/mol. The molecule has 1 fully saturated rings. The predicted molar refractivity (Wildman–Crippen MR) is 57.8 cm³/mol. The molecule has 4 nitrogen and oxygen atoms in total. The lowest BCUT2D eigenvalue weighted by molar-refractivity contribution is -0.131. The van der Waals surface area contributed by atoms with Crippen LogP contribution in [0, 0.1) is 5.92 Å². The summed E-state index contributed by atoms with van der Waals surface area (Å²) in [6.45, 7) is 2.76. The molecule has 1 aliphatic heterocycles. The molecule has 0 aromatic carbocycles. The number of carbonyl (C=O) groups is 1. The molecular formula is C9H16N2O2S. The van der Waals surface area contributed by atoms with Crippen LogP contribution < -0.4 is 5.73 Å². The molecule has 1 amide bonds. The molecule has 2 unspecified atom stereocenters. The topological polar surface area (TPSA) is 66.6 Å². The number of likely N-dealkylation sites (tertiary alicyclic amines) is 1. The molecule has 0 aromatic rings. The van der Waals surface area contributed by atoms with Crippen LogP contribution in [0.5, 0.6) is 0 Å². The molecule has 0 radical (unpaired) electrons. The first-order valence-electron chi connectivity index (χ1n) is 4.75. The summed E-state index contributed by atoms with van der Waals surface area (Å²) in [7, 11) is 0. The third kappa shape index (κ3) is 2.42. The van der Waals surface area contributed by atoms with Crippen LogP contribution in [0.3, 0.4) is 0 Å². The van der Waals surface area contributed by atoms with Gasteiger partial charge in [0.1, 0.15) is 0 Å². The van der Waals surface area contributed by atoms with E-state index in [0.29, 0.717) is 12.5 Å². The lowest BCUT2D eigenvalue weighted by Gasteiger charge is -2.25. The molecule has 0 bridgehead atoms. The normalized spacial score (nSPS) is 26.6. The Morgan fingerprint density at radius 2 is 2.36 bits per heavy atom. The minimum absolute atomic E-state index is 0.0181. The van der Waals surface area contributed by atoms with Crippen LogP contribution >= 0.6 is 12.2 Å². The van der Waals surface area contributed by atoms with E-state index in [0.717, 1.165) is 6.42 Å². The zero-order valence-corrected chi connectivity index (χ0v) is 9.09. The monoisotopic (exact) mass is 216 g/mol. The van der Waals surface area contributed by atoms with Crippen LogP contribution in [0.2, 0.25) is 0 Å². The second-order valence-electron chi connectivity index (χ2n) is 3.75. The summed E-state index contributed by atoms with van der Waals surface area (Å²) < 4.78 is 0. The van der Waals surface area contributed by atoms with Gasteiger partial charge in [0, 0.05) is 6.54 Å². The fourth-order valence-corrected chi connectivity index (χ4v) is 1.97. The minimum Gasteiger partial charge on any atom is -0.394 e. The van der Waals surface area contributed by atoms with Gasteiger partial charge in [-0.15, -0.1) is 0 Å². The Morgan fingerprint density at radius 3 is 2.86 bits per heavy atom. The average molecular weight is 216 g/mol. The molecule has 1 saturated heterocycles. The number of aliphatic hydroxyl groups is 1. The molecule has 2 atom stereocenters. The van der Waals surface area contributed by atoms with Gasteiger partial charge in [-0.1, -0.05) is 19.1 Å². The number of nitrogens with zero attached hydrogens (tertiary/aromatic N) is 1. The highest BCUT2D eigenvalue weighted by Gasteiger charge is 2.33. The second kappa shape index (κ2) is 4.70. The molecule has 1 aliphatic rings. The van der Waals surface area contributed by atoms with Gasteiger partial charge in [0.15, 0.2) is 0 Å². The van der Waals surface area contributed by atoms with Crippen LogP contribution in [-0.2, 0) is 4.79 Å². The van der Waals surface area contributed by atoms with Crippen molar-refractivity contribution in [2.24, 2.45) is 11.7 Å². The van der Waals surface area contributed by atoms with E-state index >= 15 is 0 Å². The van der Waals surface area contributed by atoms with E-state index in [2.05, 4.69) is 12.2 Å². The predicted octanol–water partition coefficient (Wildman–Crippen LogP) is -0.108. The van der Waals surface area contributed by atoms with Crippen molar-refractivity contribution in [3.8, 4) is 0 Å². The highest BCUT2D eigenvalue weighted by atomic mass is 32.1. The number of amides is 1. The van der Waals surface area contributed by atoms with Gasteiger partial charge in [0.05, 0.1) is 24.1 Å². The van der Waals surface area contributed by atoms with E-state index in [9.17, 15) is 4.79 Å². The number of carbonyl (C=O) groups excluding carboxylic acids is 1. The highest BCUT2D eigenvalue weighted by Crippen LogP contribution is 2.23. The number of thiocarbonyl (C=S) groups is 1. The molecule has 1 heterocycles. The van der Waals surface area contributed by atoms with Gasteiger partial charge >= 0.3 is 0 Å². The molecule has 0 aliphatic carbocycles. The van der Waals surface area contributed by atoms with E-state index in [1.54, 1.807) is 4.90 Å². The summed E-state index contributed by atoms with van der Waals surface area (Å²) in [6.07, 6.45) is 1.05. The Morgan fingerprint density at radius 1 is 1.71 bits per heavy atom. The van der Waals surface area contributed by atoms with Gasteiger partial charge in [-0.2, -0.15) is 0 Å². The van der Waals surface area contributed by atoms with Crippen molar-refractivity contribution < 1.29 is 9.90 Å². The lowest BCUT2D eigenvalue weighted by Crippen LogP contribution is -2.41. The van der Waals surface area contributed by atoms with Crippen LogP contribution in [-0.4, -0.2) is 40.1 Å². The van der Waals surface area contributed by atoms with Gasteiger partial charge in [-0.05, 0) is 12.3 Å². The molecule has 0 spiro atoms. The fraction of sp³-hybridized carbons (Fsp3) is 0.778. The molecule has 3 N–H and O–H groups in total. The van der Waals surface area contributed by atoms with Crippen molar-refractivity contribution in [1.82, 2.24) is 4.90 Å². The first kappa shape index (κ1) is 11.4. The van der Waals surface area contributed by atoms with Gasteiger partial charge in [0.2, 0.25) is 5.91 Å². The Hall–Kier alpha value is -0.680. The molecule has 14 heavy (non-hydrogen) atoms. The zero-order valence-electron chi connectivity index (χ0n) is 8.27. The Bertz CT molecular complexity index is 245. The van der Waals surface area contributed by atoms with Crippen molar-refractivity contribution in [1.29, 1.82) is 0 Å². The van der Waals surface area contributed by atoms with Crippen molar-refractivity contribution in [2.45, 2.75) is 25.8 Å². The van der Waals surface area contributed by atoms with Crippen LogP contribution in [0.15, 0.2) is 0 Å². The molecule has 1 rings (SSSR count). The molecule has 0 aromatic heterocycles. The smallest absolute Gasteiger partial charge is 0.229 e. The first-order chi connectivity index (χ1) is 6.56. The highest BCUT2D eigenvalue weighted by molar-refractivity contribution is 7.80. The van der Waals surface area contributed by atoms with E-state index < -0.39 is 0 Å². The number of aliphatic hydroxyl groups excluding tert-OH is 1. The van der Waals surface area contributed by atoms with E-state index in [4.69, 9.17) is 10.8 Å². The fourth-order valence-electron chi connectivity index (χ4n) is 1.85. The number of hydrogen-bond acceptors (Lipinski definition) is 3. The largest absolute Gasteiger partial charge is 0.394 e. The molecule has 0 saturated carbocycles. The Kier molecular flexibility index (Phi) is 3.83. The summed E-state index contributed by atoms with van der Waals surface area (Å²) in [6, 6.07) is -0.0585. The second-order valence-corrected chi connectivity index (χ2v) is 4.27. The third-order valence-electron chi connectivity index (χ3n) is 2.72. The van der Waals surface area contributed by atoms with E-state index in [1.165, 1.54) is 0 Å². The van der Waals surface area contributed by atoms with Crippen molar-refractivity contribution in [3.63, 3.8) is 0 Å². The molecule has 5 heteroatoms. The van der Waals surface area contributed by atoms with Gasteiger partial charge in [0.25, 0.3) is 0 Å². The Labute approximate surface area is 89.1 Å². The number of nitrogens with two attached hydrogens (primary N) is 1. The maximum absolute atomic E-state index is 11.6. The van der Waals surface area contributed by atoms with Crippen molar-refractivity contribution >= 4 is 23.1 Å². The van der Waals surface area contributed by atoms with Crippen LogP contribution in [0.4, 0.5) is 0 Å². The maximum atomic E-state index is 11.6. The summed E-state index contributed by atoms with van der Waals surface area (Å²) >= 11 is 4.68. The summed E-state index contributed by atoms with van der Waals surface area (Å²) in [5.74, 6) is 0.288. The summed E-state index contributed by atoms with van der Waals surface area (Å²) in [4.78, 5) is 13.5. The van der Waals surface area contributed by atoms with E-state index in [1.807, 2.05) is 6.92 Å². The minimum atomic E-state index is -0.0686. The third-order valence-corrected chi connectivity index (χ3v) is 2.86. The van der Waals surface area contributed by atoms with Gasteiger partial charge in [-0.3, -0.25) is 4.79 Å². The zero-order chi connectivity index (χ0) is 10.7. The van der Waals surface area contributed by atoms with Gasteiger partial charge in [-0.25, -0.2) is 0 Å². The quantitative estimate of drug-likeness (QED) is 0.646. The SMILES string of the molecule is CC1CCN(C(=O)CC(N)=S)C1CO. The van der Waals surface area contributed by atoms with Crippen molar-refractivity contribution in [2.75, 3.05) is 13.2 Å². The maximum Gasteiger partial charge on any atom is 0.229 e. The van der Waals surface area contributed by atoms with Gasteiger partial charge < -0.3 is 15.7 Å². The number of rotatable bonds is 3. The van der Waals surface area contributed by atoms with Crippen LogP contribution in [0.25, 0.3) is 0 Å². The summed E-state index contributed by atoms with van der Waals surface area (Å²) in [5.41, 5.74) is 5.30. The Balaban J connectivity index is 2.59. The van der Waals surface area contributed by atoms with E-state index in [-0.39, 0.29) is 30.0 Å². The first-order valence-corrected chi connectivity index (χ1v) is 5.15. The standard InChI is InChI=1S/C9H16N2O2S/c1-6-2-3-11(7(6)5-12)9(13)4-8(10)14/h6-7,12H,2-5H2,1H3,(H2,10,14). The van der Waals surface area contributed by atoms with Crippen LogP contribution in [0.1, 0.15) is 19.8 Å². The lowest BCUT2D eigenvalue weighted by atomic mass is 10.0. The summed E-state index contributed by atoms with van der Waals surface area (Å²) in [5, 5.41) is 9.13. The van der Waals surface area contributed by atoms with Crippen molar-refractivity contribution in [3.05, 3.63) is 0 Å². The molecule has 80 valence electrons.